The van der Waals surface area contributed by atoms with E-state index >= 15 is 0 Å². The first kappa shape index (κ1) is 75.7. The molecule has 1 aliphatic rings. The molecule has 25 nitrogen and oxygen atoms in total. The Kier molecular flexibility index (Phi) is 24.5. The van der Waals surface area contributed by atoms with Gasteiger partial charge in [0.05, 0.1) is 59.5 Å². The average Bonchev–Trinajstić information content (AvgIpc) is 1.38. The number of piperidine rings is 1. The molecule has 0 spiro atoms. The van der Waals surface area contributed by atoms with Gasteiger partial charge < -0.3 is 63.5 Å². The van der Waals surface area contributed by atoms with E-state index in [2.05, 4.69) is 74.2 Å². The fourth-order valence-corrected chi connectivity index (χ4v) is 12.1. The van der Waals surface area contributed by atoms with Gasteiger partial charge in [0.1, 0.15) is 46.7 Å². The summed E-state index contributed by atoms with van der Waals surface area (Å²) < 4.78 is 18.6. The summed E-state index contributed by atoms with van der Waals surface area (Å²) in [4.78, 5) is 51.3. The van der Waals surface area contributed by atoms with Gasteiger partial charge in [-0.3, -0.25) is 20.5 Å². The zero-order valence-corrected chi connectivity index (χ0v) is 61.1. The molecule has 1 aliphatic heterocycles. The third kappa shape index (κ3) is 18.7. The second-order valence-corrected chi connectivity index (χ2v) is 25.7. The largest absolute Gasteiger partial charge is 0.493 e. The van der Waals surface area contributed by atoms with Crippen LogP contribution in [0.5, 0.6) is 17.2 Å². The number of carboxylic acid groups (broad SMARTS) is 1. The summed E-state index contributed by atoms with van der Waals surface area (Å²) in [6.45, 7) is 12.6. The number of amidine groups is 1. The maximum atomic E-state index is 12.3. The van der Waals surface area contributed by atoms with Crippen LogP contribution >= 0.6 is 11.6 Å². The number of ether oxygens (including phenoxy) is 3. The van der Waals surface area contributed by atoms with Gasteiger partial charge >= 0.3 is 5.97 Å². The molecule has 14 rings (SSSR count). The van der Waals surface area contributed by atoms with E-state index in [-0.39, 0.29) is 23.5 Å². The van der Waals surface area contributed by atoms with Gasteiger partial charge in [0.2, 0.25) is 11.9 Å². The Morgan fingerprint density at radius 1 is 0.694 bits per heavy atom. The highest BCUT2D eigenvalue weighted by molar-refractivity contribution is 6.31. The monoisotopic (exact) mass is 1460 g/mol. The number of nitrogens with two attached hydrogens (primary N) is 5. The number of aromatic nitrogens is 8. The minimum atomic E-state index is -0.972. The van der Waals surface area contributed by atoms with Gasteiger partial charge in [-0.15, -0.1) is 5.10 Å². The van der Waals surface area contributed by atoms with Crippen molar-refractivity contribution < 1.29 is 34.1 Å². The maximum absolute atomic E-state index is 12.3. The van der Waals surface area contributed by atoms with Gasteiger partial charge in [0, 0.05) is 99.0 Å². The number of anilines is 7. The number of fused-ring (bicyclic) bond motifs is 4. The van der Waals surface area contributed by atoms with Crippen molar-refractivity contribution in [3.05, 3.63) is 245 Å². The number of likely N-dealkylation sites (tertiary alicyclic amines) is 1. The van der Waals surface area contributed by atoms with Crippen molar-refractivity contribution in [2.45, 2.75) is 52.6 Å². The Morgan fingerprint density at radius 2 is 1.40 bits per heavy atom. The minimum Gasteiger partial charge on any atom is -0.493 e. The lowest BCUT2D eigenvalue weighted by Crippen LogP contribution is -2.32. The lowest BCUT2D eigenvalue weighted by Gasteiger charge is -2.25. The Labute approximate surface area is 628 Å². The van der Waals surface area contributed by atoms with Crippen molar-refractivity contribution in [3.63, 3.8) is 0 Å². The predicted octanol–water partition coefficient (Wildman–Crippen LogP) is 14.3. The topological polar surface area (TPSA) is 379 Å². The van der Waals surface area contributed by atoms with E-state index in [4.69, 9.17) is 64.8 Å². The first-order valence-electron chi connectivity index (χ1n) is 34.4. The van der Waals surface area contributed by atoms with Crippen molar-refractivity contribution in [2.24, 2.45) is 10.7 Å². The highest BCUT2D eigenvalue weighted by Gasteiger charge is 2.19. The number of hydrogen-bond donors (Lipinski definition) is 10. The number of carboxylic acids is 1. The Bertz CT molecular complexity index is 5560. The smallest absolute Gasteiger partial charge is 0.335 e. The highest BCUT2D eigenvalue weighted by Crippen LogP contribution is 2.37. The molecule has 1 saturated heterocycles. The number of aliphatic imine (C=N–C) groups is 1. The van der Waals surface area contributed by atoms with E-state index < -0.39 is 5.97 Å². The molecule has 0 bridgehead atoms. The van der Waals surface area contributed by atoms with E-state index in [1.165, 1.54) is 19.3 Å². The Balaban J connectivity index is 0.000000144. The van der Waals surface area contributed by atoms with Crippen LogP contribution in [0.2, 0.25) is 5.02 Å². The van der Waals surface area contributed by atoms with Gasteiger partial charge in [0.15, 0.2) is 11.5 Å². The number of halogens is 1. The van der Waals surface area contributed by atoms with Crippen LogP contribution in [0.1, 0.15) is 88.0 Å². The van der Waals surface area contributed by atoms with Gasteiger partial charge in [-0.1, -0.05) is 114 Å². The number of rotatable bonds is 17. The predicted molar refractivity (Wildman–Crippen MR) is 429 cm³/mol. The molecule has 8 aromatic carbocycles. The number of nitrogens with zero attached hydrogens (tertiary/aromatic N) is 10. The first-order valence-corrected chi connectivity index (χ1v) is 34.7. The average molecular weight is 1470 g/mol. The first-order chi connectivity index (χ1) is 52.1. The molecule has 1 amide bonds. The van der Waals surface area contributed by atoms with Crippen LogP contribution in [-0.4, -0.2) is 114 Å². The second-order valence-electron chi connectivity index (χ2n) is 25.2. The molecule has 13 aromatic rings. The van der Waals surface area contributed by atoms with Gasteiger partial charge in [-0.2, -0.15) is 4.98 Å². The summed E-state index contributed by atoms with van der Waals surface area (Å²) in [5, 5.41) is 38.7. The molecule has 26 heteroatoms. The number of hydroxylamine groups is 1. The summed E-state index contributed by atoms with van der Waals surface area (Å²) in [7, 11) is 4.82. The van der Waals surface area contributed by atoms with E-state index in [9.17, 15) is 9.59 Å². The molecule has 548 valence electrons. The molecule has 0 radical (unpaired) electrons. The number of para-hydroxylation sites is 1. The molecular weight excluding hydrogens is 1380 g/mol. The van der Waals surface area contributed by atoms with Crippen LogP contribution < -0.4 is 59.0 Å². The number of carbonyl (C=O) groups excluding carboxylic acids is 1. The van der Waals surface area contributed by atoms with Crippen molar-refractivity contribution in [1.82, 2.24) is 50.3 Å². The molecule has 0 aliphatic carbocycles. The molecule has 108 heavy (non-hydrogen) atoms. The number of carbonyl (C=O) groups is 2. The molecule has 6 heterocycles. The van der Waals surface area contributed by atoms with Gasteiger partial charge in [0.25, 0.3) is 0 Å². The third-order valence-electron chi connectivity index (χ3n) is 17.8. The van der Waals surface area contributed by atoms with Crippen LogP contribution in [-0.2, 0) is 4.79 Å². The van der Waals surface area contributed by atoms with Crippen LogP contribution in [0.25, 0.3) is 66.0 Å². The third-order valence-corrected chi connectivity index (χ3v) is 18.0. The number of aromatic carboxylic acids is 1. The van der Waals surface area contributed by atoms with Crippen molar-refractivity contribution >= 4 is 119 Å². The molecular formula is C82H81ClN18O7. The number of hydrogen-bond acceptors (Lipinski definition) is 21. The summed E-state index contributed by atoms with van der Waals surface area (Å²) in [5.41, 5.74) is 43.6. The van der Waals surface area contributed by atoms with E-state index in [1.807, 2.05) is 160 Å². The van der Waals surface area contributed by atoms with E-state index in [0.717, 1.165) is 102 Å². The summed E-state index contributed by atoms with van der Waals surface area (Å²) in [6.07, 6.45) is 9.29. The van der Waals surface area contributed by atoms with Crippen molar-refractivity contribution in [2.75, 3.05) is 74.5 Å². The summed E-state index contributed by atoms with van der Waals surface area (Å²) in [6, 6.07) is 52.2. The standard InChI is InChI=1S/C24H30N6O3.C20H16N2O2.C19H15ClN6O.C19H20N4O/c1-32-20-14-18-19(15-21(20)33-2)28-24(25)29-23(18)27-17-8-6-16(7-9-17)26-22(31)10-13-30-11-4-3-5-12-30;1-12-3-5-16-11-22-19(21)17(18(16)9-12)8-7-14-10-15(20(23)24)6-4-13(14)2;1-11(24-27)12-3-6-15(7-4-12)26-10-17(23-25-26)18-16-8-14(20)5-2-13(16)9-22-19(18)21;1-12(13-6-5-7-14(10-13)19(21)22-2)24-17-11-18(20)23-16-9-4-3-8-15(16)17/h6-9,14-15H,3-5,10-13H2,1-2H3,(H,26,31)(H3,25,27,28,29);3-6,9-11H,1-2H3,(H2,21,22)(H,23,24);2-10,24,27H,1H2,(H2,21,22);3-12H,1-2H3,(H2,20,23)(H2,21,22). The lowest BCUT2D eigenvalue weighted by atomic mass is 10.0. The molecule has 1 unspecified atom stereocenters. The molecule has 5 aromatic heterocycles. The van der Waals surface area contributed by atoms with Crippen LogP contribution in [0, 0.1) is 25.7 Å². The zero-order valence-electron chi connectivity index (χ0n) is 60.3. The van der Waals surface area contributed by atoms with E-state index in [1.54, 1.807) is 80.9 Å². The summed E-state index contributed by atoms with van der Waals surface area (Å²) in [5.74, 6) is 9.39. The SMILES string of the molecule is C=C(NO)c1ccc(-n2cc(-c3c(N)ncc4ccc(Cl)cc34)nn2)cc1.CN=C(N)c1cccc(C(C)Oc2cc(N)nc3ccccc23)c1.COc1cc2nc(N)nc(Nc3ccc(NC(=O)CCN4CCCCC4)cc3)c2cc1OC.Cc1ccc2cnc(N)c(C#Cc3cc(C(=O)O)ccc3C)c2c1. The Hall–Kier alpha value is -13.4. The molecule has 1 fully saturated rings. The van der Waals surface area contributed by atoms with Crippen molar-refractivity contribution in [1.29, 1.82) is 0 Å². The number of aryl methyl sites for hydroxylation is 2. The lowest BCUT2D eigenvalue weighted by molar-refractivity contribution is -0.116. The maximum Gasteiger partial charge on any atom is 0.335 e. The minimum absolute atomic E-state index is 0.0249. The number of methoxy groups -OCH3 is 2. The molecule has 0 saturated carbocycles. The molecule has 1 atom stereocenters. The molecule has 15 N–H and O–H groups in total. The van der Waals surface area contributed by atoms with Gasteiger partial charge in [-0.25, -0.2) is 29.4 Å². The number of benzene rings is 8. The Morgan fingerprint density at radius 3 is 2.13 bits per heavy atom. The number of amides is 1. The number of nitrogen functional groups attached to an aromatic ring is 4. The normalized spacial score (nSPS) is 12.2. The van der Waals surface area contributed by atoms with Crippen molar-refractivity contribution in [3.8, 4) is 46.0 Å². The fourth-order valence-electron chi connectivity index (χ4n) is 12.0. The highest BCUT2D eigenvalue weighted by atomic mass is 35.5. The zero-order chi connectivity index (χ0) is 76.5. The van der Waals surface area contributed by atoms with Crippen LogP contribution in [0.15, 0.2) is 200 Å². The van der Waals surface area contributed by atoms with Crippen LogP contribution in [0.4, 0.5) is 40.6 Å². The number of pyridine rings is 3. The second kappa shape index (κ2) is 34.9. The quantitative estimate of drug-likeness (QED) is 0.0175. The fraction of sp³-hybridized carbons (Fsp3) is 0.171. The van der Waals surface area contributed by atoms with Gasteiger partial charge in [-0.05, 0) is 160 Å². The summed E-state index contributed by atoms with van der Waals surface area (Å²) >= 11 is 6.15. The number of nitrogens with one attached hydrogen (secondary N) is 3. The van der Waals surface area contributed by atoms with Crippen LogP contribution in [0.3, 0.4) is 0 Å². The van der Waals surface area contributed by atoms with E-state index in [0.29, 0.717) is 91.4 Å².